The number of nitrogens with zero attached hydrogens (tertiary/aromatic N) is 2. The quantitative estimate of drug-likeness (QED) is 0.571. The Morgan fingerprint density at radius 3 is 2.26 bits per heavy atom. The van der Waals surface area contributed by atoms with Crippen molar-refractivity contribution in [3.63, 3.8) is 0 Å². The Morgan fingerprint density at radius 2 is 1.56 bits per heavy atom. The highest BCUT2D eigenvalue weighted by Crippen LogP contribution is 2.20. The van der Waals surface area contributed by atoms with E-state index in [1.807, 2.05) is 0 Å². The highest BCUT2D eigenvalue weighted by molar-refractivity contribution is 7.92. The second-order valence-electron chi connectivity index (χ2n) is 8.16. The molecule has 0 bridgehead atoms. The van der Waals surface area contributed by atoms with Crippen molar-refractivity contribution >= 4 is 21.6 Å². The van der Waals surface area contributed by atoms with E-state index in [-0.39, 0.29) is 22.3 Å². The zero-order valence-corrected chi connectivity index (χ0v) is 19.3. The lowest BCUT2D eigenvalue weighted by Crippen LogP contribution is -2.35. The highest BCUT2D eigenvalue weighted by atomic mass is 32.2. The predicted octanol–water partition coefficient (Wildman–Crippen LogP) is 4.11. The average molecular weight is 486 g/mol. The molecule has 4 rings (SSSR count). The topological polar surface area (TPSA) is 69.7 Å². The van der Waals surface area contributed by atoms with Gasteiger partial charge in [0, 0.05) is 38.3 Å². The Hall–Kier alpha value is -3.30. The van der Waals surface area contributed by atoms with Crippen molar-refractivity contribution in [3.05, 3.63) is 95.6 Å². The minimum Gasteiger partial charge on any atom is -0.337 e. The van der Waals surface area contributed by atoms with Gasteiger partial charge in [0.1, 0.15) is 11.6 Å². The molecule has 0 aromatic heterocycles. The van der Waals surface area contributed by atoms with Crippen LogP contribution in [0.4, 0.5) is 14.5 Å². The maximum atomic E-state index is 13.8. The molecule has 0 radical (unpaired) electrons. The van der Waals surface area contributed by atoms with Crippen LogP contribution in [-0.2, 0) is 16.6 Å². The third-order valence-electron chi connectivity index (χ3n) is 5.72. The first-order valence-electron chi connectivity index (χ1n) is 11.0. The van der Waals surface area contributed by atoms with Gasteiger partial charge < -0.3 is 4.90 Å². The highest BCUT2D eigenvalue weighted by Gasteiger charge is 2.22. The van der Waals surface area contributed by atoms with Crippen LogP contribution in [0.3, 0.4) is 0 Å². The lowest BCUT2D eigenvalue weighted by molar-refractivity contribution is 0.0761. The molecule has 9 heteroatoms. The van der Waals surface area contributed by atoms with Gasteiger partial charge in [-0.2, -0.15) is 0 Å². The van der Waals surface area contributed by atoms with E-state index in [1.165, 1.54) is 60.7 Å². The fourth-order valence-electron chi connectivity index (χ4n) is 3.89. The van der Waals surface area contributed by atoms with Gasteiger partial charge >= 0.3 is 0 Å². The summed E-state index contributed by atoms with van der Waals surface area (Å²) in [5.74, 6) is -1.11. The van der Waals surface area contributed by atoms with Gasteiger partial charge in [0.15, 0.2) is 0 Å². The van der Waals surface area contributed by atoms with Crippen molar-refractivity contribution < 1.29 is 22.0 Å². The smallest absolute Gasteiger partial charge is 0.261 e. The minimum atomic E-state index is -3.99. The molecule has 6 nitrogen and oxygen atoms in total. The number of sulfonamides is 1. The van der Waals surface area contributed by atoms with E-state index < -0.39 is 15.8 Å². The fourth-order valence-corrected chi connectivity index (χ4v) is 4.95. The first-order chi connectivity index (χ1) is 16.3. The molecule has 1 saturated heterocycles. The van der Waals surface area contributed by atoms with Crippen LogP contribution < -0.4 is 4.72 Å². The molecule has 1 aliphatic rings. The summed E-state index contributed by atoms with van der Waals surface area (Å²) in [6, 6.07) is 17.5. The Labute approximate surface area is 197 Å². The van der Waals surface area contributed by atoms with Crippen molar-refractivity contribution in [2.75, 3.05) is 30.9 Å². The van der Waals surface area contributed by atoms with Crippen molar-refractivity contribution in [3.8, 4) is 0 Å². The number of benzene rings is 3. The number of hydrogen-bond donors (Lipinski definition) is 1. The largest absolute Gasteiger partial charge is 0.337 e. The van der Waals surface area contributed by atoms with E-state index in [2.05, 4.69) is 9.62 Å². The zero-order chi connectivity index (χ0) is 24.1. The van der Waals surface area contributed by atoms with Crippen LogP contribution in [-0.4, -0.2) is 50.3 Å². The number of carbonyl (C=O) groups is 1. The SMILES string of the molecule is O=C(c1ccc(S(=O)(=O)Nc2ccccc2F)cc1)N1CCCN(Cc2ccc(F)cc2)CC1. The summed E-state index contributed by atoms with van der Waals surface area (Å²) < 4.78 is 54.3. The molecular weight excluding hydrogens is 460 g/mol. The van der Waals surface area contributed by atoms with Gasteiger partial charge in [0.05, 0.1) is 10.6 Å². The fraction of sp³-hybridized carbons (Fsp3) is 0.240. The van der Waals surface area contributed by atoms with Gasteiger partial charge in [-0.05, 0) is 60.5 Å². The molecule has 0 saturated carbocycles. The van der Waals surface area contributed by atoms with Crippen molar-refractivity contribution in [1.82, 2.24) is 9.80 Å². The molecule has 1 heterocycles. The Kier molecular flexibility index (Phi) is 7.23. The predicted molar refractivity (Wildman–Crippen MR) is 126 cm³/mol. The Morgan fingerprint density at radius 1 is 0.853 bits per heavy atom. The maximum Gasteiger partial charge on any atom is 0.261 e. The normalized spacial score (nSPS) is 15.1. The summed E-state index contributed by atoms with van der Waals surface area (Å²) in [5.41, 5.74) is 1.26. The number of carbonyl (C=O) groups excluding carboxylic acids is 1. The second-order valence-corrected chi connectivity index (χ2v) is 9.84. The van der Waals surface area contributed by atoms with Crippen LogP contribution >= 0.6 is 0 Å². The van der Waals surface area contributed by atoms with Crippen molar-refractivity contribution in [2.45, 2.75) is 17.9 Å². The van der Waals surface area contributed by atoms with Crippen LogP contribution in [0.1, 0.15) is 22.3 Å². The summed E-state index contributed by atoms with van der Waals surface area (Å²) in [6.07, 6.45) is 0.798. The molecule has 0 atom stereocenters. The van der Waals surface area contributed by atoms with Gasteiger partial charge in [-0.25, -0.2) is 17.2 Å². The number of halogens is 2. The summed E-state index contributed by atoms with van der Waals surface area (Å²) in [4.78, 5) is 16.9. The molecule has 0 aliphatic carbocycles. The average Bonchev–Trinajstić information content (AvgIpc) is 3.07. The Balaban J connectivity index is 1.38. The molecule has 178 valence electrons. The lowest BCUT2D eigenvalue weighted by Gasteiger charge is -2.22. The summed E-state index contributed by atoms with van der Waals surface area (Å²) in [7, 11) is -3.99. The number of para-hydroxylation sites is 1. The molecule has 3 aromatic carbocycles. The molecule has 34 heavy (non-hydrogen) atoms. The van der Waals surface area contributed by atoms with Gasteiger partial charge in [0.2, 0.25) is 0 Å². The van der Waals surface area contributed by atoms with Crippen LogP contribution in [0.25, 0.3) is 0 Å². The standard InChI is InChI=1S/C25H25F2N3O3S/c26-21-10-6-19(7-11-21)18-29-14-3-15-30(17-16-29)25(31)20-8-12-22(13-9-20)34(32,33)28-24-5-2-1-4-23(24)27/h1-2,4-13,28H,3,14-18H2. The van der Waals surface area contributed by atoms with E-state index in [0.717, 1.165) is 18.5 Å². The molecule has 0 spiro atoms. The van der Waals surface area contributed by atoms with E-state index in [9.17, 15) is 22.0 Å². The van der Waals surface area contributed by atoms with E-state index in [1.54, 1.807) is 17.0 Å². The van der Waals surface area contributed by atoms with E-state index in [0.29, 0.717) is 31.7 Å². The number of rotatable bonds is 6. The Bertz CT molecular complexity index is 1250. The summed E-state index contributed by atoms with van der Waals surface area (Å²) in [5, 5.41) is 0. The zero-order valence-electron chi connectivity index (χ0n) is 18.5. The van der Waals surface area contributed by atoms with Gasteiger partial charge in [0.25, 0.3) is 15.9 Å². The third-order valence-corrected chi connectivity index (χ3v) is 7.11. The number of amides is 1. The monoisotopic (exact) mass is 485 g/mol. The van der Waals surface area contributed by atoms with Crippen LogP contribution in [0.2, 0.25) is 0 Å². The van der Waals surface area contributed by atoms with Crippen LogP contribution in [0.15, 0.2) is 77.7 Å². The van der Waals surface area contributed by atoms with E-state index >= 15 is 0 Å². The number of hydrogen-bond acceptors (Lipinski definition) is 4. The van der Waals surface area contributed by atoms with Crippen molar-refractivity contribution in [2.24, 2.45) is 0 Å². The lowest BCUT2D eigenvalue weighted by atomic mass is 10.2. The van der Waals surface area contributed by atoms with Crippen LogP contribution in [0.5, 0.6) is 0 Å². The number of nitrogens with one attached hydrogen (secondary N) is 1. The molecule has 1 aliphatic heterocycles. The molecule has 1 N–H and O–H groups in total. The second kappa shape index (κ2) is 10.3. The third kappa shape index (κ3) is 5.78. The number of anilines is 1. The van der Waals surface area contributed by atoms with Gasteiger partial charge in [-0.3, -0.25) is 14.4 Å². The molecular formula is C25H25F2N3O3S. The van der Waals surface area contributed by atoms with Crippen molar-refractivity contribution in [1.29, 1.82) is 0 Å². The van der Waals surface area contributed by atoms with Gasteiger partial charge in [-0.1, -0.05) is 24.3 Å². The minimum absolute atomic E-state index is 0.0614. The first kappa shape index (κ1) is 23.8. The molecule has 3 aromatic rings. The summed E-state index contributed by atoms with van der Waals surface area (Å²) >= 11 is 0. The first-order valence-corrected chi connectivity index (χ1v) is 12.4. The summed E-state index contributed by atoms with van der Waals surface area (Å²) in [6.45, 7) is 3.31. The molecule has 0 unspecified atom stereocenters. The van der Waals surface area contributed by atoms with Gasteiger partial charge in [-0.15, -0.1) is 0 Å². The molecule has 1 amide bonds. The van der Waals surface area contributed by atoms with Crippen LogP contribution in [0, 0.1) is 11.6 Å². The van der Waals surface area contributed by atoms with E-state index in [4.69, 9.17) is 0 Å². The maximum absolute atomic E-state index is 13.8. The molecule has 1 fully saturated rings.